The molecule has 0 saturated carbocycles. The summed E-state index contributed by atoms with van der Waals surface area (Å²) in [7, 11) is 1.59. The number of hydrogen-bond donors (Lipinski definition) is 4. The summed E-state index contributed by atoms with van der Waals surface area (Å²) in [4.78, 5) is 13.0. The molecule has 1 aliphatic carbocycles. The first-order valence-electron chi connectivity index (χ1n) is 17.8. The third-order valence-electron chi connectivity index (χ3n) is 9.58. The molecule has 0 saturated heterocycles. The number of aliphatic hydroxyl groups excluding tert-OH is 3. The second kappa shape index (κ2) is 18.4. The monoisotopic (exact) mass is 678 g/mol. The number of aryl methyl sites for hydroxylation is 2. The van der Waals surface area contributed by atoms with Gasteiger partial charge in [0.05, 0.1) is 13.2 Å². The van der Waals surface area contributed by atoms with E-state index in [4.69, 9.17) is 9.47 Å². The third-order valence-corrected chi connectivity index (χ3v) is 9.58. The van der Waals surface area contributed by atoms with Crippen molar-refractivity contribution in [1.29, 1.82) is 0 Å². The van der Waals surface area contributed by atoms with E-state index in [1.807, 2.05) is 54.6 Å². The van der Waals surface area contributed by atoms with Crippen molar-refractivity contribution >= 4 is 16.6 Å². The van der Waals surface area contributed by atoms with Crippen molar-refractivity contribution in [1.82, 2.24) is 0 Å². The van der Waals surface area contributed by atoms with Crippen LogP contribution in [0, 0.1) is 11.8 Å². The number of methoxy groups -OCH3 is 1. The summed E-state index contributed by atoms with van der Waals surface area (Å²) in [5.74, 6) is 1.72. The van der Waals surface area contributed by atoms with Crippen LogP contribution in [0.25, 0.3) is 10.8 Å². The van der Waals surface area contributed by atoms with Gasteiger partial charge in [-0.05, 0) is 126 Å². The Morgan fingerprint density at radius 2 is 1.54 bits per heavy atom. The zero-order chi connectivity index (χ0) is 35.3. The van der Waals surface area contributed by atoms with Gasteiger partial charge in [-0.25, -0.2) is 0 Å². The van der Waals surface area contributed by atoms with Crippen LogP contribution in [-0.4, -0.2) is 46.0 Å². The van der Waals surface area contributed by atoms with Gasteiger partial charge in [-0.15, -0.1) is 0 Å². The zero-order valence-corrected chi connectivity index (χ0v) is 29.0. The van der Waals surface area contributed by atoms with E-state index in [-0.39, 0.29) is 42.2 Å². The maximum absolute atomic E-state index is 13.0. The molecule has 0 aromatic heterocycles. The van der Waals surface area contributed by atoms with Gasteiger partial charge in [0.1, 0.15) is 23.9 Å². The SMILES string of the molecule is COc1ccc(CCC(=O)C[C@@H](O)C[C@@H]2C=C(O)C(CCCO)=C[C@@H]2CCCCc2ccccc2)cc1OCc1ccc2cc(O)ccc2c1. The van der Waals surface area contributed by atoms with E-state index in [2.05, 4.69) is 30.3 Å². The lowest BCUT2D eigenvalue weighted by atomic mass is 9.77. The predicted molar refractivity (Wildman–Crippen MR) is 198 cm³/mol. The Morgan fingerprint density at radius 3 is 2.34 bits per heavy atom. The maximum Gasteiger partial charge on any atom is 0.161 e. The van der Waals surface area contributed by atoms with Gasteiger partial charge in [0.25, 0.3) is 0 Å². The molecule has 0 aliphatic heterocycles. The highest BCUT2D eigenvalue weighted by Gasteiger charge is 2.27. The fourth-order valence-electron chi connectivity index (χ4n) is 6.84. The molecule has 0 amide bonds. The second-order valence-electron chi connectivity index (χ2n) is 13.4. The summed E-state index contributed by atoms with van der Waals surface area (Å²) in [5.41, 5.74) is 4.09. The number of allylic oxidation sites excluding steroid dienone is 3. The number of fused-ring (bicyclic) bond motifs is 1. The summed E-state index contributed by atoms with van der Waals surface area (Å²) in [6, 6.07) is 27.3. The third kappa shape index (κ3) is 10.7. The van der Waals surface area contributed by atoms with Crippen LogP contribution in [-0.2, 0) is 24.2 Å². The van der Waals surface area contributed by atoms with E-state index in [1.165, 1.54) is 5.56 Å². The molecule has 0 unspecified atom stereocenters. The van der Waals surface area contributed by atoms with E-state index in [1.54, 1.807) is 19.2 Å². The molecule has 4 aromatic carbocycles. The zero-order valence-electron chi connectivity index (χ0n) is 29.0. The van der Waals surface area contributed by atoms with Crippen molar-refractivity contribution in [3.8, 4) is 17.2 Å². The Bertz CT molecular complexity index is 1760. The molecule has 3 atom stereocenters. The Kier molecular flexibility index (Phi) is 13.5. The Morgan fingerprint density at radius 1 is 0.760 bits per heavy atom. The summed E-state index contributed by atoms with van der Waals surface area (Å²) >= 11 is 0. The molecular formula is C43H50O7. The number of aromatic hydroxyl groups is 1. The first kappa shape index (κ1) is 36.7. The van der Waals surface area contributed by atoms with Crippen LogP contribution in [0.15, 0.2) is 108 Å². The number of carbonyl (C=O) groups is 1. The molecular weight excluding hydrogens is 628 g/mol. The van der Waals surface area contributed by atoms with Gasteiger partial charge in [-0.3, -0.25) is 4.79 Å². The predicted octanol–water partition coefficient (Wildman–Crippen LogP) is 8.58. The fourth-order valence-corrected chi connectivity index (χ4v) is 6.84. The van der Waals surface area contributed by atoms with Crippen molar-refractivity contribution in [2.24, 2.45) is 11.8 Å². The number of unbranched alkanes of at least 4 members (excludes halogenated alkanes) is 1. The molecule has 0 heterocycles. The molecule has 4 aromatic rings. The van der Waals surface area contributed by atoms with Gasteiger partial charge < -0.3 is 29.9 Å². The van der Waals surface area contributed by atoms with Gasteiger partial charge in [0.2, 0.25) is 0 Å². The van der Waals surface area contributed by atoms with Crippen molar-refractivity contribution in [3.05, 3.63) is 125 Å². The van der Waals surface area contributed by atoms with Crippen molar-refractivity contribution in [2.45, 2.75) is 76.9 Å². The van der Waals surface area contributed by atoms with Crippen molar-refractivity contribution in [3.63, 3.8) is 0 Å². The van der Waals surface area contributed by atoms with E-state index < -0.39 is 6.10 Å². The highest BCUT2D eigenvalue weighted by Crippen LogP contribution is 2.36. The number of benzene rings is 4. The molecule has 4 N–H and O–H groups in total. The maximum atomic E-state index is 13.0. The number of Topliss-reactive ketones (excluding diaryl/α,β-unsaturated/α-hetero) is 1. The number of phenols is 1. The molecule has 0 radical (unpaired) electrons. The van der Waals surface area contributed by atoms with E-state index in [0.29, 0.717) is 50.2 Å². The van der Waals surface area contributed by atoms with Crippen LogP contribution >= 0.6 is 0 Å². The number of phenolic OH excluding ortho intramolecular Hbond substituents is 1. The van der Waals surface area contributed by atoms with Crippen LogP contribution in [0.1, 0.15) is 68.1 Å². The first-order valence-corrected chi connectivity index (χ1v) is 17.8. The summed E-state index contributed by atoms with van der Waals surface area (Å²) in [6.07, 6.45) is 9.65. The molecule has 7 heteroatoms. The molecule has 0 fully saturated rings. The number of ketones is 1. The lowest BCUT2D eigenvalue weighted by molar-refractivity contribution is -0.121. The van der Waals surface area contributed by atoms with Crippen LogP contribution in [0.5, 0.6) is 17.2 Å². The number of aliphatic hydroxyl groups is 3. The standard InChI is InChI=1S/C43H50O7/c1-49-42-20-15-31(23-43(42)50-29-32-13-16-35-25-38(45)19-17-34(35)22-32)14-18-39(46)28-40(47)26-37-27-41(48)36(12-7-21-44)24-33(37)11-6-5-10-30-8-3-2-4-9-30/h2-4,8-9,13,15-17,19-20,22-25,27,33,37,40,44-45,47-48H,5-7,10-12,14,18,21,26,28-29H2,1H3/t33-,37+,40-/m0/s1. The number of ether oxygens (including phenoxy) is 2. The normalized spacial score (nSPS) is 16.5. The molecule has 0 bridgehead atoms. The second-order valence-corrected chi connectivity index (χ2v) is 13.4. The molecule has 1 aliphatic rings. The average Bonchev–Trinajstić information content (AvgIpc) is 3.12. The smallest absolute Gasteiger partial charge is 0.161 e. The largest absolute Gasteiger partial charge is 0.508 e. The van der Waals surface area contributed by atoms with E-state index in [9.17, 15) is 25.2 Å². The van der Waals surface area contributed by atoms with Gasteiger partial charge in [0, 0.05) is 19.4 Å². The Hall–Kier alpha value is -4.59. The number of rotatable bonds is 19. The molecule has 50 heavy (non-hydrogen) atoms. The van der Waals surface area contributed by atoms with Gasteiger partial charge in [-0.1, -0.05) is 67.1 Å². The van der Waals surface area contributed by atoms with E-state index in [0.717, 1.165) is 53.2 Å². The minimum atomic E-state index is -0.809. The number of hydrogen-bond acceptors (Lipinski definition) is 7. The van der Waals surface area contributed by atoms with Crippen LogP contribution in [0.4, 0.5) is 0 Å². The summed E-state index contributed by atoms with van der Waals surface area (Å²) < 4.78 is 11.7. The van der Waals surface area contributed by atoms with E-state index >= 15 is 0 Å². The fraction of sp³-hybridized carbons (Fsp3) is 0.372. The van der Waals surface area contributed by atoms with Crippen molar-refractivity contribution < 1.29 is 34.7 Å². The number of carbonyl (C=O) groups excluding carboxylic acids is 1. The molecule has 0 spiro atoms. The quantitative estimate of drug-likeness (QED) is 0.0735. The van der Waals surface area contributed by atoms with Crippen LogP contribution in [0.3, 0.4) is 0 Å². The minimum absolute atomic E-state index is 0.0133. The van der Waals surface area contributed by atoms with Gasteiger partial charge in [-0.2, -0.15) is 0 Å². The molecule has 264 valence electrons. The first-order chi connectivity index (χ1) is 24.3. The van der Waals surface area contributed by atoms with Crippen molar-refractivity contribution in [2.75, 3.05) is 13.7 Å². The minimum Gasteiger partial charge on any atom is -0.508 e. The van der Waals surface area contributed by atoms with Crippen LogP contribution < -0.4 is 9.47 Å². The average molecular weight is 679 g/mol. The van der Waals surface area contributed by atoms with Crippen LogP contribution in [0.2, 0.25) is 0 Å². The van der Waals surface area contributed by atoms with Gasteiger partial charge >= 0.3 is 0 Å². The highest BCUT2D eigenvalue weighted by molar-refractivity contribution is 5.84. The lowest BCUT2D eigenvalue weighted by Crippen LogP contribution is -2.24. The van der Waals surface area contributed by atoms with Gasteiger partial charge in [0.15, 0.2) is 11.5 Å². The molecule has 7 nitrogen and oxygen atoms in total. The topological polar surface area (TPSA) is 116 Å². The Labute approximate surface area is 295 Å². The lowest BCUT2D eigenvalue weighted by Gasteiger charge is -2.29. The summed E-state index contributed by atoms with van der Waals surface area (Å²) in [5, 5.41) is 42.8. The Balaban J connectivity index is 1.13. The highest BCUT2D eigenvalue weighted by atomic mass is 16.5. The molecule has 5 rings (SSSR count). The summed E-state index contributed by atoms with van der Waals surface area (Å²) in [6.45, 7) is 0.402.